The number of halogens is 1. The number of hydrazine groups is 1. The number of nitrogens with zero attached hydrogens (tertiary/aromatic N) is 2. The van der Waals surface area contributed by atoms with Gasteiger partial charge in [-0.1, -0.05) is 11.6 Å². The van der Waals surface area contributed by atoms with Gasteiger partial charge in [0.25, 0.3) is 0 Å². The molecular formula is C8H9ClN4O4. The minimum absolute atomic E-state index is 0.0373. The van der Waals surface area contributed by atoms with Gasteiger partial charge in [0.05, 0.1) is 17.2 Å². The zero-order valence-electron chi connectivity index (χ0n) is 8.73. The Balaban J connectivity index is 3.57. The fourth-order valence-corrected chi connectivity index (χ4v) is 1.77. The summed E-state index contributed by atoms with van der Waals surface area (Å²) >= 11 is 5.71. The summed E-state index contributed by atoms with van der Waals surface area (Å²) in [5.74, 6) is 3.67. The molecule has 1 heterocycles. The van der Waals surface area contributed by atoms with E-state index in [0.717, 1.165) is 0 Å². The fourth-order valence-electron chi connectivity index (χ4n) is 1.37. The molecule has 9 heteroatoms. The van der Waals surface area contributed by atoms with Crippen LogP contribution >= 0.6 is 11.6 Å². The van der Waals surface area contributed by atoms with Gasteiger partial charge in [-0.15, -0.1) is 0 Å². The monoisotopic (exact) mass is 260 g/mol. The third-order valence-corrected chi connectivity index (χ3v) is 2.40. The molecule has 0 atom stereocenters. The highest BCUT2D eigenvalue weighted by Crippen LogP contribution is 2.32. The number of pyridine rings is 1. The predicted octanol–water partition coefficient (Wildman–Crippen LogP) is 0.613. The fraction of sp³-hybridized carbons (Fsp3) is 0.250. The Hall–Kier alpha value is -1.77. The van der Waals surface area contributed by atoms with Crippen LogP contribution in [0.25, 0.3) is 0 Å². The van der Waals surface area contributed by atoms with Crippen LogP contribution in [-0.4, -0.2) is 21.0 Å². The van der Waals surface area contributed by atoms with Crippen LogP contribution in [-0.2, 0) is 6.54 Å². The van der Waals surface area contributed by atoms with E-state index in [1.54, 1.807) is 0 Å². The number of rotatable bonds is 4. The number of aryl methyl sites for hydroxylation is 1. The second-order valence-electron chi connectivity index (χ2n) is 3.12. The molecule has 0 bridgehead atoms. The van der Waals surface area contributed by atoms with E-state index >= 15 is 0 Å². The minimum atomic E-state index is -1.39. The maximum Gasteiger partial charge on any atom is 0.339 e. The maximum atomic E-state index is 11.0. The molecule has 0 radical (unpaired) electrons. The van der Waals surface area contributed by atoms with E-state index in [2.05, 4.69) is 10.4 Å². The molecule has 0 aliphatic heterocycles. The Kier molecular flexibility index (Phi) is 3.94. The first kappa shape index (κ1) is 13.3. The molecule has 1 aromatic rings. The molecule has 4 N–H and O–H groups in total. The van der Waals surface area contributed by atoms with Gasteiger partial charge in [0, 0.05) is 0 Å². The average molecular weight is 261 g/mol. The third-order valence-electron chi connectivity index (χ3n) is 2.03. The molecule has 92 valence electrons. The lowest BCUT2D eigenvalue weighted by molar-refractivity contribution is -0.385. The lowest BCUT2D eigenvalue weighted by Crippen LogP contribution is -2.24. The van der Waals surface area contributed by atoms with E-state index in [0.29, 0.717) is 0 Å². The first-order valence-corrected chi connectivity index (χ1v) is 4.78. The van der Waals surface area contributed by atoms with Crippen LogP contribution in [0.5, 0.6) is 0 Å². The summed E-state index contributed by atoms with van der Waals surface area (Å²) in [6.07, 6.45) is 0. The van der Waals surface area contributed by atoms with Crippen molar-refractivity contribution in [1.82, 2.24) is 10.4 Å². The number of nitro groups is 1. The van der Waals surface area contributed by atoms with E-state index in [4.69, 9.17) is 22.6 Å². The molecule has 0 spiro atoms. The zero-order valence-corrected chi connectivity index (χ0v) is 9.48. The van der Waals surface area contributed by atoms with Gasteiger partial charge in [-0.3, -0.25) is 21.4 Å². The van der Waals surface area contributed by atoms with Gasteiger partial charge in [-0.05, 0) is 6.92 Å². The number of carboxylic acid groups (broad SMARTS) is 1. The second kappa shape index (κ2) is 5.04. The van der Waals surface area contributed by atoms with Crippen molar-refractivity contribution in [2.75, 3.05) is 0 Å². The first-order valence-electron chi connectivity index (χ1n) is 4.40. The molecule has 0 unspecified atom stereocenters. The van der Waals surface area contributed by atoms with E-state index in [-0.39, 0.29) is 17.9 Å². The van der Waals surface area contributed by atoms with Crippen LogP contribution in [0.15, 0.2) is 0 Å². The highest BCUT2D eigenvalue weighted by molar-refractivity contribution is 6.35. The third kappa shape index (κ3) is 2.49. The van der Waals surface area contributed by atoms with E-state index in [9.17, 15) is 14.9 Å². The number of aromatic nitrogens is 1. The number of carboxylic acids is 1. The van der Waals surface area contributed by atoms with Crippen LogP contribution in [0, 0.1) is 17.0 Å². The summed E-state index contributed by atoms with van der Waals surface area (Å²) in [4.78, 5) is 24.8. The van der Waals surface area contributed by atoms with Gasteiger partial charge in [0.2, 0.25) is 0 Å². The van der Waals surface area contributed by atoms with Crippen molar-refractivity contribution >= 4 is 23.3 Å². The molecule has 0 fully saturated rings. The van der Waals surface area contributed by atoms with E-state index < -0.39 is 27.2 Å². The molecule has 0 aliphatic carbocycles. The number of nitrogens with one attached hydrogen (secondary N) is 1. The number of hydrogen-bond acceptors (Lipinski definition) is 6. The largest absolute Gasteiger partial charge is 0.478 e. The second-order valence-corrected chi connectivity index (χ2v) is 3.50. The molecule has 8 nitrogen and oxygen atoms in total. The van der Waals surface area contributed by atoms with Crippen molar-refractivity contribution in [3.63, 3.8) is 0 Å². The summed E-state index contributed by atoms with van der Waals surface area (Å²) in [6.45, 7) is 1.32. The average Bonchev–Trinajstić information content (AvgIpc) is 2.15. The smallest absolute Gasteiger partial charge is 0.339 e. The quantitative estimate of drug-likeness (QED) is 0.410. The molecular weight excluding hydrogens is 252 g/mol. The van der Waals surface area contributed by atoms with E-state index in [1.807, 2.05) is 0 Å². The highest BCUT2D eigenvalue weighted by atomic mass is 35.5. The number of nitrogens with two attached hydrogens (primary N) is 1. The van der Waals surface area contributed by atoms with Gasteiger partial charge in [-0.2, -0.15) is 0 Å². The number of hydrogen-bond donors (Lipinski definition) is 3. The van der Waals surface area contributed by atoms with Crippen LogP contribution in [0.1, 0.15) is 21.7 Å². The normalized spacial score (nSPS) is 10.3. The molecule has 17 heavy (non-hydrogen) atoms. The molecule has 0 saturated carbocycles. The Bertz CT molecular complexity index is 491. The van der Waals surface area contributed by atoms with Crippen LogP contribution < -0.4 is 11.3 Å². The Morgan fingerprint density at radius 1 is 1.71 bits per heavy atom. The van der Waals surface area contributed by atoms with Crippen LogP contribution in [0.2, 0.25) is 5.02 Å². The van der Waals surface area contributed by atoms with Crippen molar-refractivity contribution in [3.05, 3.63) is 32.1 Å². The minimum Gasteiger partial charge on any atom is -0.478 e. The van der Waals surface area contributed by atoms with Crippen LogP contribution in [0.3, 0.4) is 0 Å². The predicted molar refractivity (Wildman–Crippen MR) is 58.6 cm³/mol. The first-order chi connectivity index (χ1) is 7.90. The zero-order chi connectivity index (χ0) is 13.2. The SMILES string of the molecule is Cc1nc(CNN)c(C(=O)O)c(Cl)c1[N+](=O)[O-]. The number of carbonyl (C=O) groups is 1. The standard InChI is InChI=1S/C8H9ClN4O4/c1-3-7(13(16)17)6(9)5(8(14)15)4(12-3)2-11-10/h11H,2,10H2,1H3,(H,14,15). The van der Waals surface area contributed by atoms with Gasteiger partial charge in [0.1, 0.15) is 16.3 Å². The molecule has 0 aliphatic rings. The Labute approximate surface area is 101 Å². The van der Waals surface area contributed by atoms with Gasteiger partial charge in [-0.25, -0.2) is 9.78 Å². The number of aromatic carboxylic acids is 1. The molecule has 0 aromatic carbocycles. The maximum absolute atomic E-state index is 11.0. The summed E-state index contributed by atoms with van der Waals surface area (Å²) < 4.78 is 0. The van der Waals surface area contributed by atoms with Crippen molar-refractivity contribution in [1.29, 1.82) is 0 Å². The summed E-state index contributed by atoms with van der Waals surface area (Å²) in [5, 5.41) is 19.2. The van der Waals surface area contributed by atoms with Gasteiger partial charge >= 0.3 is 11.7 Å². The lowest BCUT2D eigenvalue weighted by Gasteiger charge is -2.08. The Morgan fingerprint density at radius 2 is 2.29 bits per heavy atom. The topological polar surface area (TPSA) is 131 Å². The summed E-state index contributed by atoms with van der Waals surface area (Å²) in [7, 11) is 0. The van der Waals surface area contributed by atoms with Crippen molar-refractivity contribution in [2.24, 2.45) is 5.84 Å². The Morgan fingerprint density at radius 3 is 2.71 bits per heavy atom. The van der Waals surface area contributed by atoms with Crippen LogP contribution in [0.4, 0.5) is 5.69 Å². The summed E-state index contributed by atoms with van der Waals surface area (Å²) in [6, 6.07) is 0. The van der Waals surface area contributed by atoms with Crippen molar-refractivity contribution in [3.8, 4) is 0 Å². The molecule has 1 rings (SSSR count). The van der Waals surface area contributed by atoms with Crippen molar-refractivity contribution < 1.29 is 14.8 Å². The molecule has 0 saturated heterocycles. The molecule has 0 amide bonds. The lowest BCUT2D eigenvalue weighted by atomic mass is 10.1. The van der Waals surface area contributed by atoms with Gasteiger partial charge < -0.3 is 5.11 Å². The highest BCUT2D eigenvalue weighted by Gasteiger charge is 2.27. The van der Waals surface area contributed by atoms with Gasteiger partial charge in [0.15, 0.2) is 0 Å². The van der Waals surface area contributed by atoms with E-state index in [1.165, 1.54) is 6.92 Å². The summed E-state index contributed by atoms with van der Waals surface area (Å²) in [5.41, 5.74) is 1.39. The molecule has 1 aromatic heterocycles. The van der Waals surface area contributed by atoms with Crippen molar-refractivity contribution in [2.45, 2.75) is 13.5 Å².